The van der Waals surface area contributed by atoms with Gasteiger partial charge in [-0.1, -0.05) is 94.4 Å². The number of benzene rings is 2. The maximum absolute atomic E-state index is 11.0. The minimum absolute atomic E-state index is 0.134. The van der Waals surface area contributed by atoms with Crippen molar-refractivity contribution in [3.8, 4) is 6.07 Å². The molecule has 0 amide bonds. The third-order valence-corrected chi connectivity index (χ3v) is 5.73. The molecule has 1 aliphatic heterocycles. The van der Waals surface area contributed by atoms with Gasteiger partial charge in [0, 0.05) is 27.9 Å². The van der Waals surface area contributed by atoms with Gasteiger partial charge in [0.05, 0.1) is 11.6 Å². The smallest absolute Gasteiger partial charge is 0.256 e. The molecule has 1 heterocycles. The van der Waals surface area contributed by atoms with Gasteiger partial charge in [0.25, 0.3) is 9.58 Å². The van der Waals surface area contributed by atoms with Crippen molar-refractivity contribution in [2.45, 2.75) is 21.9 Å². The van der Waals surface area contributed by atoms with E-state index in [1.54, 1.807) is 42.5 Å². The van der Waals surface area contributed by atoms with Gasteiger partial charge in [0.2, 0.25) is 0 Å². The molecule has 0 saturated carbocycles. The minimum atomic E-state index is -2.17. The van der Waals surface area contributed by atoms with Crippen LogP contribution in [0.4, 0.5) is 0 Å². The van der Waals surface area contributed by atoms with E-state index in [0.29, 0.717) is 21.2 Å². The van der Waals surface area contributed by atoms with E-state index in [1.165, 1.54) is 0 Å². The van der Waals surface area contributed by atoms with Crippen LogP contribution < -0.4 is 0 Å². The molecule has 27 heavy (non-hydrogen) atoms. The van der Waals surface area contributed by atoms with Crippen molar-refractivity contribution in [1.29, 1.82) is 5.26 Å². The molecule has 0 fully saturated rings. The summed E-state index contributed by atoms with van der Waals surface area (Å²) in [5, 5.41) is 21.6. The molecule has 0 radical (unpaired) electrons. The number of alkyl halides is 3. The molecule has 140 valence electrons. The van der Waals surface area contributed by atoms with E-state index in [1.807, 2.05) is 6.07 Å². The number of allylic oxidation sites excluding steroid dienone is 1. The van der Waals surface area contributed by atoms with E-state index in [2.05, 4.69) is 6.07 Å². The Labute approximate surface area is 181 Å². The zero-order valence-electron chi connectivity index (χ0n) is 13.6. The van der Waals surface area contributed by atoms with Crippen molar-refractivity contribution in [2.75, 3.05) is 0 Å². The number of ether oxygens (including phenoxy) is 1. The minimum Gasteiger partial charge on any atom is -0.456 e. The van der Waals surface area contributed by atoms with E-state index >= 15 is 0 Å². The lowest BCUT2D eigenvalue weighted by atomic mass is 9.82. The van der Waals surface area contributed by atoms with E-state index in [0.717, 1.165) is 0 Å². The van der Waals surface area contributed by atoms with Crippen LogP contribution in [0, 0.1) is 11.3 Å². The lowest BCUT2D eigenvalue weighted by Gasteiger charge is -2.42. The highest BCUT2D eigenvalue weighted by Gasteiger charge is 2.55. The van der Waals surface area contributed by atoms with Gasteiger partial charge in [-0.2, -0.15) is 5.26 Å². The van der Waals surface area contributed by atoms with Crippen molar-refractivity contribution in [2.24, 2.45) is 0 Å². The summed E-state index contributed by atoms with van der Waals surface area (Å²) in [4.78, 5) is 0. The molecule has 1 N–H and O–H groups in total. The van der Waals surface area contributed by atoms with Crippen LogP contribution in [0.15, 0.2) is 54.1 Å². The molecule has 8 heteroatoms. The molecule has 0 aliphatic carbocycles. The van der Waals surface area contributed by atoms with Crippen LogP contribution in [-0.4, -0.2) is 14.7 Å². The molecule has 0 spiro atoms. The summed E-state index contributed by atoms with van der Waals surface area (Å²) in [5.41, 5.74) is 1.41. The Bertz CT molecular complexity index is 933. The number of aliphatic hydroxyl groups is 1. The molecular formula is C19H12Cl5NO2. The van der Waals surface area contributed by atoms with Gasteiger partial charge in [-0.05, 0) is 17.7 Å². The molecule has 0 saturated heterocycles. The second-order valence-corrected chi connectivity index (χ2v) is 9.15. The van der Waals surface area contributed by atoms with Crippen LogP contribution in [0.1, 0.15) is 23.5 Å². The summed E-state index contributed by atoms with van der Waals surface area (Å²) in [7, 11) is 0. The normalized spacial score (nSPS) is 22.9. The number of halogens is 5. The molecular weight excluding hydrogens is 451 g/mol. The number of nitriles is 1. The fourth-order valence-electron chi connectivity index (χ4n) is 2.96. The molecule has 1 aliphatic rings. The van der Waals surface area contributed by atoms with E-state index in [-0.39, 0.29) is 17.8 Å². The number of rotatable bonds is 2. The van der Waals surface area contributed by atoms with Gasteiger partial charge in [0.15, 0.2) is 0 Å². The summed E-state index contributed by atoms with van der Waals surface area (Å²) >= 11 is 30.4. The van der Waals surface area contributed by atoms with Gasteiger partial charge >= 0.3 is 0 Å². The average molecular weight is 464 g/mol. The van der Waals surface area contributed by atoms with Gasteiger partial charge in [-0.15, -0.1) is 0 Å². The van der Waals surface area contributed by atoms with Gasteiger partial charge < -0.3 is 9.84 Å². The molecule has 0 aromatic heterocycles. The fourth-order valence-corrected chi connectivity index (χ4v) is 3.85. The Morgan fingerprint density at radius 1 is 1.11 bits per heavy atom. The van der Waals surface area contributed by atoms with Crippen LogP contribution in [0.5, 0.6) is 0 Å². The van der Waals surface area contributed by atoms with Crippen molar-refractivity contribution in [3.63, 3.8) is 0 Å². The highest BCUT2D eigenvalue weighted by atomic mass is 35.6. The van der Waals surface area contributed by atoms with Crippen molar-refractivity contribution >= 4 is 63.8 Å². The van der Waals surface area contributed by atoms with Crippen LogP contribution in [-0.2, 0) is 4.74 Å². The molecule has 0 bridgehead atoms. The number of hydrogen-bond acceptors (Lipinski definition) is 3. The third kappa shape index (κ3) is 4.03. The standard InChI is InChI=1S/C19H12Cl5NO2/c20-12-6-7-13(16(21)8-12)14-9-18(26,19(22,23)24)27-17(15(14)10-25)11-4-2-1-3-5-11/h1-8,14,26H,9H2/t14-,18+/m1/s1. The monoisotopic (exact) mass is 461 g/mol. The lowest BCUT2D eigenvalue weighted by molar-refractivity contribution is -0.166. The Hall–Kier alpha value is -1.12. The van der Waals surface area contributed by atoms with E-state index < -0.39 is 15.5 Å². The topological polar surface area (TPSA) is 53.2 Å². The summed E-state index contributed by atoms with van der Waals surface area (Å²) in [5.74, 6) is -2.70. The van der Waals surface area contributed by atoms with Crippen molar-refractivity contribution in [3.05, 3.63) is 75.3 Å². The maximum Gasteiger partial charge on any atom is 0.256 e. The van der Waals surface area contributed by atoms with Gasteiger partial charge in [-0.3, -0.25) is 0 Å². The predicted octanol–water partition coefficient (Wildman–Crippen LogP) is 6.49. The zero-order chi connectivity index (χ0) is 19.8. The maximum atomic E-state index is 11.0. The van der Waals surface area contributed by atoms with Gasteiger partial charge in [-0.25, -0.2) is 0 Å². The van der Waals surface area contributed by atoms with Crippen LogP contribution in [0.3, 0.4) is 0 Å². The van der Waals surface area contributed by atoms with Crippen molar-refractivity contribution < 1.29 is 9.84 Å². The summed E-state index contributed by atoms with van der Waals surface area (Å²) in [6.45, 7) is 0. The van der Waals surface area contributed by atoms with Gasteiger partial charge in [0.1, 0.15) is 5.76 Å². The second-order valence-electron chi connectivity index (χ2n) is 6.03. The predicted molar refractivity (Wildman–Crippen MR) is 109 cm³/mol. The molecule has 2 atom stereocenters. The molecule has 3 rings (SSSR count). The van der Waals surface area contributed by atoms with Crippen LogP contribution in [0.25, 0.3) is 5.76 Å². The first kappa shape index (κ1) is 20.6. The first-order chi connectivity index (χ1) is 12.7. The largest absolute Gasteiger partial charge is 0.456 e. The SMILES string of the molecule is N#CC1=C(c2ccccc2)O[C@](O)(C(Cl)(Cl)Cl)C[C@@H]1c1ccc(Cl)cc1Cl. The first-order valence-corrected chi connectivity index (χ1v) is 9.68. The molecule has 2 aromatic rings. The fraction of sp³-hybridized carbons (Fsp3) is 0.211. The molecule has 0 unspecified atom stereocenters. The Kier molecular flexibility index (Phi) is 5.89. The molecule has 3 nitrogen and oxygen atoms in total. The highest BCUT2D eigenvalue weighted by Crippen LogP contribution is 2.53. The summed E-state index contributed by atoms with van der Waals surface area (Å²) in [6.07, 6.45) is -0.177. The Balaban J connectivity index is 2.25. The summed E-state index contributed by atoms with van der Waals surface area (Å²) < 4.78 is 3.53. The third-order valence-electron chi connectivity index (χ3n) is 4.28. The van der Waals surface area contributed by atoms with Crippen LogP contribution >= 0.6 is 58.0 Å². The van der Waals surface area contributed by atoms with E-state index in [9.17, 15) is 10.4 Å². The van der Waals surface area contributed by atoms with Crippen molar-refractivity contribution in [1.82, 2.24) is 0 Å². The quantitative estimate of drug-likeness (QED) is 0.518. The zero-order valence-corrected chi connectivity index (χ0v) is 17.4. The number of nitrogens with zero attached hydrogens (tertiary/aromatic N) is 1. The Morgan fingerprint density at radius 2 is 1.78 bits per heavy atom. The highest BCUT2D eigenvalue weighted by molar-refractivity contribution is 6.68. The first-order valence-electron chi connectivity index (χ1n) is 7.79. The second kappa shape index (κ2) is 7.72. The van der Waals surface area contributed by atoms with E-state index in [4.69, 9.17) is 62.7 Å². The molecule has 2 aromatic carbocycles. The van der Waals surface area contributed by atoms with Crippen LogP contribution in [0.2, 0.25) is 10.0 Å². The number of hydrogen-bond donors (Lipinski definition) is 1. The summed E-state index contributed by atoms with van der Waals surface area (Å²) in [6, 6.07) is 15.9. The Morgan fingerprint density at radius 3 is 2.33 bits per heavy atom. The lowest BCUT2D eigenvalue weighted by Crippen LogP contribution is -2.48. The average Bonchev–Trinajstić information content (AvgIpc) is 2.61.